The molecule has 0 spiro atoms. The molecule has 0 unspecified atom stereocenters. The lowest BCUT2D eigenvalue weighted by Gasteiger charge is -2.19. The maximum Gasteiger partial charge on any atom is 0.264 e. The van der Waals surface area contributed by atoms with Crippen LogP contribution in [-0.2, 0) is 11.8 Å². The molecule has 1 saturated heterocycles. The van der Waals surface area contributed by atoms with E-state index in [0.29, 0.717) is 17.6 Å². The standard InChI is InChI=1S/C16H20BrN5O2/c1-22-16(20-15(21-22)11-6-8-18-9-7-11)19-14(23)10-24-13-4-2-12(17)3-5-13/h2-5,11,18H,6-10H2,1H3,(H,19,20,21,23). The summed E-state index contributed by atoms with van der Waals surface area (Å²) in [6, 6.07) is 7.33. The number of nitrogens with one attached hydrogen (secondary N) is 2. The van der Waals surface area contributed by atoms with Crippen LogP contribution in [0.3, 0.4) is 0 Å². The van der Waals surface area contributed by atoms with Gasteiger partial charge in [0.2, 0.25) is 5.95 Å². The molecule has 8 heteroatoms. The van der Waals surface area contributed by atoms with E-state index in [0.717, 1.165) is 36.2 Å². The molecule has 2 aromatic rings. The summed E-state index contributed by atoms with van der Waals surface area (Å²) in [6.45, 7) is 1.88. The van der Waals surface area contributed by atoms with Gasteiger partial charge in [0.05, 0.1) is 0 Å². The monoisotopic (exact) mass is 393 g/mol. The van der Waals surface area contributed by atoms with E-state index in [1.54, 1.807) is 23.9 Å². The Kier molecular flexibility index (Phi) is 5.47. The van der Waals surface area contributed by atoms with Crippen molar-refractivity contribution in [1.82, 2.24) is 20.1 Å². The molecule has 1 fully saturated rings. The van der Waals surface area contributed by atoms with Crippen LogP contribution in [-0.4, -0.2) is 40.4 Å². The van der Waals surface area contributed by atoms with Crippen LogP contribution in [0.15, 0.2) is 28.7 Å². The Morgan fingerprint density at radius 2 is 2.08 bits per heavy atom. The van der Waals surface area contributed by atoms with E-state index in [4.69, 9.17) is 4.74 Å². The zero-order valence-electron chi connectivity index (χ0n) is 13.5. The SMILES string of the molecule is Cn1nc(C2CCNCC2)nc1NC(=O)COc1ccc(Br)cc1. The number of nitrogens with zero attached hydrogens (tertiary/aromatic N) is 3. The Morgan fingerprint density at radius 1 is 1.38 bits per heavy atom. The van der Waals surface area contributed by atoms with Gasteiger partial charge in [-0.3, -0.25) is 10.1 Å². The molecule has 0 atom stereocenters. The van der Waals surface area contributed by atoms with Crippen LogP contribution in [0.1, 0.15) is 24.6 Å². The highest BCUT2D eigenvalue weighted by molar-refractivity contribution is 9.10. The molecule has 1 aliphatic heterocycles. The Morgan fingerprint density at radius 3 is 2.79 bits per heavy atom. The second kappa shape index (κ2) is 7.76. The van der Waals surface area contributed by atoms with E-state index in [-0.39, 0.29) is 12.5 Å². The van der Waals surface area contributed by atoms with Crippen LogP contribution < -0.4 is 15.4 Å². The number of halogens is 1. The van der Waals surface area contributed by atoms with Crippen molar-refractivity contribution in [2.24, 2.45) is 7.05 Å². The summed E-state index contributed by atoms with van der Waals surface area (Å²) < 4.78 is 8.03. The fraction of sp³-hybridized carbons (Fsp3) is 0.438. The van der Waals surface area contributed by atoms with E-state index in [9.17, 15) is 4.79 Å². The number of amides is 1. The number of ether oxygens (including phenoxy) is 1. The van der Waals surface area contributed by atoms with Gasteiger partial charge in [-0.05, 0) is 50.2 Å². The maximum atomic E-state index is 12.1. The van der Waals surface area contributed by atoms with Crippen molar-refractivity contribution in [2.75, 3.05) is 25.0 Å². The van der Waals surface area contributed by atoms with Crippen molar-refractivity contribution in [3.8, 4) is 5.75 Å². The molecule has 2 heterocycles. The van der Waals surface area contributed by atoms with E-state index < -0.39 is 0 Å². The predicted octanol–water partition coefficient (Wildman–Crippen LogP) is 2.06. The summed E-state index contributed by atoms with van der Waals surface area (Å²) in [5.74, 6) is 1.98. The molecule has 2 N–H and O–H groups in total. The Balaban J connectivity index is 1.55. The molecule has 24 heavy (non-hydrogen) atoms. The molecule has 0 aliphatic carbocycles. The number of piperidine rings is 1. The quantitative estimate of drug-likeness (QED) is 0.812. The van der Waals surface area contributed by atoms with Gasteiger partial charge in [0.15, 0.2) is 12.4 Å². The number of hydrogen-bond donors (Lipinski definition) is 2. The first-order chi connectivity index (χ1) is 11.6. The third-order valence-electron chi connectivity index (χ3n) is 3.92. The van der Waals surface area contributed by atoms with Crippen LogP contribution in [0.2, 0.25) is 0 Å². The highest BCUT2D eigenvalue weighted by Gasteiger charge is 2.21. The second-order valence-electron chi connectivity index (χ2n) is 5.73. The van der Waals surface area contributed by atoms with Crippen LogP contribution in [0.4, 0.5) is 5.95 Å². The Bertz CT molecular complexity index is 695. The second-order valence-corrected chi connectivity index (χ2v) is 6.65. The first kappa shape index (κ1) is 16.9. The molecule has 1 amide bonds. The lowest BCUT2D eigenvalue weighted by atomic mass is 9.98. The molecule has 1 aromatic carbocycles. The highest BCUT2D eigenvalue weighted by atomic mass is 79.9. The van der Waals surface area contributed by atoms with Crippen LogP contribution in [0.25, 0.3) is 0 Å². The number of rotatable bonds is 5. The van der Waals surface area contributed by atoms with Gasteiger partial charge in [-0.15, -0.1) is 0 Å². The number of hydrogen-bond acceptors (Lipinski definition) is 5. The Labute approximate surface area is 148 Å². The van der Waals surface area contributed by atoms with Crippen molar-refractivity contribution in [1.29, 1.82) is 0 Å². The summed E-state index contributed by atoms with van der Waals surface area (Å²) >= 11 is 3.36. The zero-order chi connectivity index (χ0) is 16.9. The van der Waals surface area contributed by atoms with Gasteiger partial charge in [0.1, 0.15) is 5.75 Å². The summed E-state index contributed by atoms with van der Waals surface area (Å²) in [6.07, 6.45) is 2.04. The first-order valence-electron chi connectivity index (χ1n) is 7.91. The fourth-order valence-electron chi connectivity index (χ4n) is 2.61. The molecular formula is C16H20BrN5O2. The Hall–Kier alpha value is -1.93. The molecular weight excluding hydrogens is 374 g/mol. The van der Waals surface area contributed by atoms with E-state index in [1.807, 2.05) is 12.1 Å². The number of aromatic nitrogens is 3. The smallest absolute Gasteiger partial charge is 0.264 e. The topological polar surface area (TPSA) is 81.1 Å². The van der Waals surface area contributed by atoms with E-state index in [2.05, 4.69) is 36.6 Å². The number of anilines is 1. The van der Waals surface area contributed by atoms with Gasteiger partial charge in [0.25, 0.3) is 5.91 Å². The van der Waals surface area contributed by atoms with Crippen molar-refractivity contribution in [3.63, 3.8) is 0 Å². The van der Waals surface area contributed by atoms with Gasteiger partial charge < -0.3 is 10.1 Å². The molecule has 0 radical (unpaired) electrons. The molecule has 1 aromatic heterocycles. The summed E-state index contributed by atoms with van der Waals surface area (Å²) in [7, 11) is 1.78. The van der Waals surface area contributed by atoms with E-state index in [1.165, 1.54) is 0 Å². The molecule has 0 saturated carbocycles. The van der Waals surface area contributed by atoms with Crippen molar-refractivity contribution < 1.29 is 9.53 Å². The van der Waals surface area contributed by atoms with Crippen LogP contribution >= 0.6 is 15.9 Å². The fourth-order valence-corrected chi connectivity index (χ4v) is 2.87. The van der Waals surface area contributed by atoms with Crippen molar-refractivity contribution >= 4 is 27.8 Å². The predicted molar refractivity (Wildman–Crippen MR) is 94.1 cm³/mol. The van der Waals surface area contributed by atoms with Gasteiger partial charge in [-0.2, -0.15) is 10.1 Å². The molecule has 7 nitrogen and oxygen atoms in total. The van der Waals surface area contributed by atoms with Crippen LogP contribution in [0, 0.1) is 0 Å². The summed E-state index contributed by atoms with van der Waals surface area (Å²) in [5, 5.41) is 10.5. The minimum atomic E-state index is -0.259. The van der Waals surface area contributed by atoms with Crippen LogP contribution in [0.5, 0.6) is 5.75 Å². The lowest BCUT2D eigenvalue weighted by Crippen LogP contribution is -2.27. The molecule has 1 aliphatic rings. The average Bonchev–Trinajstić information content (AvgIpc) is 2.96. The number of carbonyl (C=O) groups excluding carboxylic acids is 1. The summed E-state index contributed by atoms with van der Waals surface area (Å²) in [5.41, 5.74) is 0. The van der Waals surface area contributed by atoms with Gasteiger partial charge >= 0.3 is 0 Å². The molecule has 0 bridgehead atoms. The minimum Gasteiger partial charge on any atom is -0.484 e. The highest BCUT2D eigenvalue weighted by Crippen LogP contribution is 2.23. The lowest BCUT2D eigenvalue weighted by molar-refractivity contribution is -0.118. The van der Waals surface area contributed by atoms with Gasteiger partial charge in [-0.1, -0.05) is 15.9 Å². The van der Waals surface area contributed by atoms with E-state index >= 15 is 0 Å². The van der Waals surface area contributed by atoms with Crippen molar-refractivity contribution in [2.45, 2.75) is 18.8 Å². The first-order valence-corrected chi connectivity index (χ1v) is 8.71. The summed E-state index contributed by atoms with van der Waals surface area (Å²) in [4.78, 5) is 16.5. The number of carbonyl (C=O) groups is 1. The van der Waals surface area contributed by atoms with Crippen molar-refractivity contribution in [3.05, 3.63) is 34.6 Å². The number of benzene rings is 1. The maximum absolute atomic E-state index is 12.1. The normalized spacial score (nSPS) is 15.2. The third kappa shape index (κ3) is 4.33. The third-order valence-corrected chi connectivity index (χ3v) is 4.45. The molecule has 128 valence electrons. The number of aryl methyl sites for hydroxylation is 1. The van der Waals surface area contributed by atoms with Gasteiger partial charge in [-0.25, -0.2) is 4.68 Å². The molecule has 3 rings (SSSR count). The minimum absolute atomic E-state index is 0.0722. The van der Waals surface area contributed by atoms with Gasteiger partial charge in [0, 0.05) is 17.4 Å². The zero-order valence-corrected chi connectivity index (χ0v) is 15.0. The largest absolute Gasteiger partial charge is 0.484 e. The average molecular weight is 394 g/mol.